The van der Waals surface area contributed by atoms with Crippen LogP contribution in [-0.2, 0) is 5.21 Å². The van der Waals surface area contributed by atoms with Crippen LogP contribution in [-0.4, -0.2) is 20.7 Å². The summed E-state index contributed by atoms with van der Waals surface area (Å²) in [6.45, 7) is 14.7. The van der Waals surface area contributed by atoms with Crippen molar-refractivity contribution in [2.24, 2.45) is 11.3 Å². The Kier molecular flexibility index (Phi) is 6.80. The number of hydrogen-bond acceptors (Lipinski definition) is 1. The average Bonchev–Trinajstić information content (AvgIpc) is 2.60. The SMILES string of the molecule is [B]C([B])(c1ccc(-c2cc(C(/C=C\C)=C/C(C)C)c(C)cn2)cc1)C(C)(C)C. The summed E-state index contributed by atoms with van der Waals surface area (Å²) in [5.41, 5.74) is 6.29. The van der Waals surface area contributed by atoms with Crippen molar-refractivity contribution in [3.05, 3.63) is 71.4 Å². The van der Waals surface area contributed by atoms with Gasteiger partial charge in [0.25, 0.3) is 0 Å². The summed E-state index contributed by atoms with van der Waals surface area (Å²) in [4.78, 5) is 4.66. The fourth-order valence-electron chi connectivity index (χ4n) is 3.12. The number of allylic oxidation sites excluding steroid dienone is 4. The summed E-state index contributed by atoms with van der Waals surface area (Å²) in [5, 5.41) is -0.892. The summed E-state index contributed by atoms with van der Waals surface area (Å²) in [7, 11) is 12.8. The maximum atomic E-state index is 6.41. The van der Waals surface area contributed by atoms with Gasteiger partial charge in [0.1, 0.15) is 0 Å². The maximum Gasteiger partial charge on any atom is 0.0708 e. The first-order chi connectivity index (χ1) is 13.0. The van der Waals surface area contributed by atoms with Gasteiger partial charge in [-0.25, -0.2) is 0 Å². The zero-order valence-corrected chi connectivity index (χ0v) is 18.4. The van der Waals surface area contributed by atoms with Gasteiger partial charge >= 0.3 is 0 Å². The summed E-state index contributed by atoms with van der Waals surface area (Å²) in [6.07, 6.45) is 8.48. The second-order valence-corrected chi connectivity index (χ2v) is 8.95. The van der Waals surface area contributed by atoms with Crippen molar-refractivity contribution in [1.82, 2.24) is 4.98 Å². The van der Waals surface area contributed by atoms with Gasteiger partial charge in [-0.2, -0.15) is 0 Å². The molecule has 2 aromatic rings. The normalized spacial score (nSPS) is 13.5. The minimum absolute atomic E-state index is 0.243. The van der Waals surface area contributed by atoms with Crippen molar-refractivity contribution in [3.8, 4) is 11.3 Å². The van der Waals surface area contributed by atoms with Crippen molar-refractivity contribution < 1.29 is 0 Å². The van der Waals surface area contributed by atoms with E-state index in [1.807, 2.05) is 25.3 Å². The molecule has 2 rings (SSSR count). The third-order valence-electron chi connectivity index (χ3n) is 5.17. The number of rotatable bonds is 5. The lowest BCUT2D eigenvalue weighted by Gasteiger charge is -2.40. The molecule has 0 unspecified atom stereocenters. The molecule has 1 nitrogen and oxygen atoms in total. The van der Waals surface area contributed by atoms with Crippen LogP contribution in [0.15, 0.2) is 54.8 Å². The third-order valence-corrected chi connectivity index (χ3v) is 5.17. The second-order valence-electron chi connectivity index (χ2n) is 8.95. The van der Waals surface area contributed by atoms with Crippen molar-refractivity contribution in [1.29, 1.82) is 0 Å². The smallest absolute Gasteiger partial charge is 0.0708 e. The van der Waals surface area contributed by atoms with E-state index in [1.54, 1.807) is 0 Å². The molecule has 142 valence electrons. The molecule has 1 aromatic carbocycles. The monoisotopic (exact) mass is 367 g/mol. The molecule has 1 aromatic heterocycles. The molecule has 0 saturated carbocycles. The first-order valence-corrected chi connectivity index (χ1v) is 9.97. The van der Waals surface area contributed by atoms with E-state index < -0.39 is 5.21 Å². The van der Waals surface area contributed by atoms with E-state index in [0.29, 0.717) is 5.92 Å². The van der Waals surface area contributed by atoms with Crippen LogP contribution in [0.2, 0.25) is 0 Å². The molecule has 0 fully saturated rings. The highest BCUT2D eigenvalue weighted by Crippen LogP contribution is 2.37. The number of benzene rings is 1. The molecule has 0 spiro atoms. The van der Waals surface area contributed by atoms with Crippen LogP contribution in [0.1, 0.15) is 58.2 Å². The number of nitrogens with zero attached hydrogens (tertiary/aromatic N) is 1. The van der Waals surface area contributed by atoms with Crippen LogP contribution >= 0.6 is 0 Å². The quantitative estimate of drug-likeness (QED) is 0.452. The summed E-state index contributed by atoms with van der Waals surface area (Å²) >= 11 is 0. The van der Waals surface area contributed by atoms with E-state index >= 15 is 0 Å². The molecule has 0 amide bonds. The first-order valence-electron chi connectivity index (χ1n) is 9.97. The van der Waals surface area contributed by atoms with Gasteiger partial charge in [0, 0.05) is 11.8 Å². The van der Waals surface area contributed by atoms with Gasteiger partial charge in [-0.1, -0.05) is 87.9 Å². The largest absolute Gasteiger partial charge is 0.256 e. The second kappa shape index (κ2) is 8.55. The van der Waals surface area contributed by atoms with Crippen molar-refractivity contribution in [2.75, 3.05) is 0 Å². The molecule has 0 atom stereocenters. The minimum Gasteiger partial charge on any atom is -0.256 e. The van der Waals surface area contributed by atoms with Gasteiger partial charge in [0.2, 0.25) is 0 Å². The van der Waals surface area contributed by atoms with Crippen LogP contribution < -0.4 is 0 Å². The van der Waals surface area contributed by atoms with Crippen molar-refractivity contribution in [3.63, 3.8) is 0 Å². The molecule has 0 bridgehead atoms. The van der Waals surface area contributed by atoms with Gasteiger partial charge in [0.15, 0.2) is 0 Å². The highest BCUT2D eigenvalue weighted by molar-refractivity contribution is 6.40. The summed E-state index contributed by atoms with van der Waals surface area (Å²) in [5.74, 6) is 0.473. The highest BCUT2D eigenvalue weighted by atomic mass is 14.7. The third kappa shape index (κ3) is 4.87. The molecular weight excluding hydrogens is 336 g/mol. The van der Waals surface area contributed by atoms with Gasteiger partial charge in [-0.15, -0.1) is 0 Å². The van der Waals surface area contributed by atoms with Crippen molar-refractivity contribution in [2.45, 2.75) is 53.7 Å². The van der Waals surface area contributed by atoms with Crippen LogP contribution in [0, 0.1) is 18.3 Å². The van der Waals surface area contributed by atoms with E-state index in [4.69, 9.17) is 15.7 Å². The fraction of sp³-hybridized carbons (Fsp3) is 0.400. The maximum absolute atomic E-state index is 6.41. The first kappa shape index (κ1) is 22.3. The Morgan fingerprint density at radius 2 is 1.68 bits per heavy atom. The molecule has 0 aliphatic rings. The number of pyridine rings is 1. The van der Waals surface area contributed by atoms with Crippen LogP contribution in [0.25, 0.3) is 16.8 Å². The van der Waals surface area contributed by atoms with E-state index in [1.165, 1.54) is 16.7 Å². The Balaban J connectivity index is 2.47. The number of aromatic nitrogens is 1. The minimum atomic E-state index is -0.892. The predicted octanol–water partition coefficient (Wildman–Crippen LogP) is 6.21. The Hall–Kier alpha value is -2.02. The predicted molar refractivity (Wildman–Crippen MR) is 125 cm³/mol. The lowest BCUT2D eigenvalue weighted by atomic mass is 9.41. The molecule has 4 radical (unpaired) electrons. The van der Waals surface area contributed by atoms with Gasteiger partial charge in [-0.3, -0.25) is 4.98 Å². The summed E-state index contributed by atoms with van der Waals surface area (Å²) in [6, 6.07) is 10.3. The van der Waals surface area contributed by atoms with E-state index in [2.05, 4.69) is 83.0 Å². The number of hydrogen-bond donors (Lipinski definition) is 0. The zero-order chi connectivity index (χ0) is 21.1. The Bertz CT molecular complexity index is 866. The zero-order valence-electron chi connectivity index (χ0n) is 18.4. The molecule has 0 aliphatic carbocycles. The highest BCUT2D eigenvalue weighted by Gasteiger charge is 2.32. The van der Waals surface area contributed by atoms with Gasteiger partial charge in [-0.05, 0) is 47.9 Å². The van der Waals surface area contributed by atoms with Crippen LogP contribution in [0.4, 0.5) is 0 Å². The molecular formula is C25H31B2N. The topological polar surface area (TPSA) is 12.9 Å². The number of aryl methyl sites for hydroxylation is 1. The van der Waals surface area contributed by atoms with Gasteiger partial charge in [0.05, 0.1) is 21.4 Å². The van der Waals surface area contributed by atoms with Crippen LogP contribution in [0.3, 0.4) is 0 Å². The Labute approximate surface area is 174 Å². The summed E-state index contributed by atoms with van der Waals surface area (Å²) < 4.78 is 0. The van der Waals surface area contributed by atoms with Gasteiger partial charge < -0.3 is 0 Å². The standard InChI is InChI=1S/C25H31B2N/c1-8-9-20(14-17(2)3)22-15-23(28-16-18(22)4)19-10-12-21(13-11-19)25(26,27)24(5,6)7/h8-17H,1-7H3/b9-8-,20-14+. The van der Waals surface area contributed by atoms with E-state index in [9.17, 15) is 0 Å². The average molecular weight is 367 g/mol. The Morgan fingerprint density at radius 3 is 2.18 bits per heavy atom. The molecule has 0 aliphatic heterocycles. The Morgan fingerprint density at radius 1 is 1.07 bits per heavy atom. The lowest BCUT2D eigenvalue weighted by Crippen LogP contribution is -2.41. The van der Waals surface area contributed by atoms with E-state index in [0.717, 1.165) is 16.8 Å². The molecule has 1 heterocycles. The molecule has 3 heteroatoms. The molecule has 28 heavy (non-hydrogen) atoms. The van der Waals surface area contributed by atoms with E-state index in [-0.39, 0.29) is 5.41 Å². The van der Waals surface area contributed by atoms with Crippen LogP contribution in [0.5, 0.6) is 0 Å². The fourth-order valence-corrected chi connectivity index (χ4v) is 3.12. The molecule has 0 N–H and O–H groups in total. The lowest BCUT2D eigenvalue weighted by molar-refractivity contribution is 0.358. The van der Waals surface area contributed by atoms with Crippen molar-refractivity contribution >= 4 is 21.3 Å². The molecule has 0 saturated heterocycles.